The molecule has 10 nitrogen and oxygen atoms in total. The molecule has 0 spiro atoms. The maximum absolute atomic E-state index is 13.2. The van der Waals surface area contributed by atoms with Crippen molar-refractivity contribution in [2.24, 2.45) is 29.4 Å². The van der Waals surface area contributed by atoms with Gasteiger partial charge in [0, 0.05) is 25.2 Å². The fourth-order valence-corrected chi connectivity index (χ4v) is 4.43. The molecule has 4 amide bonds. The molecule has 202 valence electrons. The predicted octanol–water partition coefficient (Wildman–Crippen LogP) is 1.65. The Balaban J connectivity index is 3.33. The average Bonchev–Trinajstić information content (AvgIpc) is 2.76. The first-order valence-electron chi connectivity index (χ1n) is 12.4. The molecular weight excluding hydrogens is 464 g/mol. The number of esters is 1. The molecule has 0 aromatic rings. The number of primary amides is 1. The summed E-state index contributed by atoms with van der Waals surface area (Å²) in [4.78, 5) is 63.7. The molecule has 0 aliphatic carbocycles. The highest BCUT2D eigenvalue weighted by molar-refractivity contribution is 5.93. The van der Waals surface area contributed by atoms with Gasteiger partial charge in [0.05, 0.1) is 12.5 Å². The molecule has 0 aromatic carbocycles. The second kappa shape index (κ2) is 14.4. The van der Waals surface area contributed by atoms with Crippen LogP contribution >= 0.6 is 0 Å². The van der Waals surface area contributed by atoms with Crippen molar-refractivity contribution in [3.8, 4) is 0 Å². The van der Waals surface area contributed by atoms with Crippen molar-refractivity contribution in [1.82, 2.24) is 15.5 Å². The summed E-state index contributed by atoms with van der Waals surface area (Å²) in [7, 11) is 1.42. The number of hydrogen-bond donors (Lipinski definition) is 3. The number of nitrogens with two attached hydrogens (primary N) is 1. The lowest BCUT2D eigenvalue weighted by atomic mass is 9.83. The maximum atomic E-state index is 13.2. The molecule has 0 saturated heterocycles. The number of amides is 4. The third kappa shape index (κ3) is 10.6. The van der Waals surface area contributed by atoms with E-state index in [1.807, 2.05) is 6.92 Å². The molecule has 5 atom stereocenters. The van der Waals surface area contributed by atoms with E-state index in [1.54, 1.807) is 6.92 Å². The highest BCUT2D eigenvalue weighted by Crippen LogP contribution is 2.27. The fourth-order valence-electron chi connectivity index (χ4n) is 4.43. The van der Waals surface area contributed by atoms with Crippen LogP contribution < -0.4 is 16.4 Å². The van der Waals surface area contributed by atoms with E-state index >= 15 is 0 Å². The first kappa shape index (κ1) is 30.9. The Morgan fingerprint density at radius 1 is 1.17 bits per heavy atom. The fraction of sp³-hybridized carbons (Fsp3) is 0.654. The summed E-state index contributed by atoms with van der Waals surface area (Å²) >= 11 is 0. The van der Waals surface area contributed by atoms with Crippen molar-refractivity contribution in [2.45, 2.75) is 72.4 Å². The largest absolute Gasteiger partial charge is 0.460 e. The van der Waals surface area contributed by atoms with Gasteiger partial charge in [-0.05, 0) is 43.1 Å². The van der Waals surface area contributed by atoms with E-state index in [-0.39, 0.29) is 31.0 Å². The van der Waals surface area contributed by atoms with Gasteiger partial charge in [0.1, 0.15) is 12.1 Å². The van der Waals surface area contributed by atoms with E-state index in [9.17, 15) is 24.0 Å². The maximum Gasteiger partial charge on any atom is 0.328 e. The van der Waals surface area contributed by atoms with Crippen molar-refractivity contribution < 1.29 is 28.7 Å². The predicted molar refractivity (Wildman–Crippen MR) is 136 cm³/mol. The summed E-state index contributed by atoms with van der Waals surface area (Å²) in [6.45, 7) is 13.4. The van der Waals surface area contributed by atoms with Crippen molar-refractivity contribution in [1.29, 1.82) is 0 Å². The van der Waals surface area contributed by atoms with Gasteiger partial charge in [-0.1, -0.05) is 41.2 Å². The second-order valence-electron chi connectivity index (χ2n) is 10.3. The smallest absolute Gasteiger partial charge is 0.328 e. The van der Waals surface area contributed by atoms with E-state index < -0.39 is 47.7 Å². The highest BCUT2D eigenvalue weighted by Gasteiger charge is 2.35. The highest BCUT2D eigenvalue weighted by atomic mass is 16.5. The van der Waals surface area contributed by atoms with Gasteiger partial charge in [0.25, 0.3) is 0 Å². The first-order valence-corrected chi connectivity index (χ1v) is 12.4. The van der Waals surface area contributed by atoms with Gasteiger partial charge in [-0.25, -0.2) is 4.79 Å². The van der Waals surface area contributed by atoms with Crippen LogP contribution in [0.2, 0.25) is 0 Å². The third-order valence-corrected chi connectivity index (χ3v) is 6.13. The lowest BCUT2D eigenvalue weighted by molar-refractivity contribution is -0.161. The number of carbonyl (C=O) groups excluding carboxylic acids is 5. The molecule has 1 rings (SSSR count). The van der Waals surface area contributed by atoms with Crippen LogP contribution in [0.3, 0.4) is 0 Å². The van der Waals surface area contributed by atoms with Gasteiger partial charge in [0.15, 0.2) is 0 Å². The third-order valence-electron chi connectivity index (χ3n) is 6.13. The lowest BCUT2D eigenvalue weighted by Gasteiger charge is -2.32. The number of hydrogen-bond acceptors (Lipinski definition) is 6. The van der Waals surface area contributed by atoms with Gasteiger partial charge in [0.2, 0.25) is 23.6 Å². The molecule has 0 fully saturated rings. The normalized spacial score (nSPS) is 25.2. The van der Waals surface area contributed by atoms with Crippen molar-refractivity contribution in [2.75, 3.05) is 13.6 Å². The van der Waals surface area contributed by atoms with Gasteiger partial charge < -0.3 is 26.0 Å². The van der Waals surface area contributed by atoms with Crippen molar-refractivity contribution in [3.05, 3.63) is 24.4 Å². The molecule has 0 saturated carbocycles. The van der Waals surface area contributed by atoms with Crippen LogP contribution in [0.4, 0.5) is 0 Å². The summed E-state index contributed by atoms with van der Waals surface area (Å²) in [5.41, 5.74) is 5.45. The second-order valence-corrected chi connectivity index (χ2v) is 10.3. The Bertz CT molecular complexity index is 868. The Morgan fingerprint density at radius 3 is 2.39 bits per heavy atom. The topological polar surface area (TPSA) is 148 Å². The first-order chi connectivity index (χ1) is 16.7. The molecule has 10 heteroatoms. The van der Waals surface area contributed by atoms with Crippen LogP contribution in [0.5, 0.6) is 0 Å². The number of carbonyl (C=O) groups is 5. The average molecular weight is 507 g/mol. The van der Waals surface area contributed by atoms with Crippen LogP contribution in [-0.2, 0) is 28.7 Å². The molecule has 0 aromatic heterocycles. The van der Waals surface area contributed by atoms with Gasteiger partial charge >= 0.3 is 5.97 Å². The number of rotatable bonds is 8. The molecule has 5 unspecified atom stereocenters. The van der Waals surface area contributed by atoms with Gasteiger partial charge in [-0.3, -0.25) is 19.2 Å². The number of ether oxygens (including phenoxy) is 1. The summed E-state index contributed by atoms with van der Waals surface area (Å²) in [5, 5.41) is 5.20. The zero-order valence-electron chi connectivity index (χ0n) is 22.3. The van der Waals surface area contributed by atoms with Gasteiger partial charge in [-0.15, -0.1) is 0 Å². The molecule has 1 aliphatic heterocycles. The molecule has 1 heterocycles. The van der Waals surface area contributed by atoms with E-state index in [0.29, 0.717) is 18.3 Å². The molecule has 36 heavy (non-hydrogen) atoms. The van der Waals surface area contributed by atoms with E-state index in [4.69, 9.17) is 10.5 Å². The van der Waals surface area contributed by atoms with E-state index in [1.165, 1.54) is 19.2 Å². The summed E-state index contributed by atoms with van der Waals surface area (Å²) in [6.07, 6.45) is 3.22. The van der Waals surface area contributed by atoms with E-state index in [2.05, 4.69) is 38.0 Å². The minimum absolute atomic E-state index is 0.0697. The quantitative estimate of drug-likeness (QED) is 0.426. The number of likely N-dealkylation sites (N-methyl/N-ethyl adjacent to an activating group) is 1. The SMILES string of the molecule is C=C1/C=C\C(=O)N(C)CC(=O)NC(CCC(N)=O)C(=O)OC(C(C)CC(C)CC(C)C)C(C)C(=O)N1. The number of cyclic esters (lactones) is 1. The number of nitrogens with one attached hydrogen (secondary N) is 2. The molecule has 1 aliphatic rings. The number of nitrogens with zero attached hydrogens (tertiary/aromatic N) is 1. The zero-order chi connectivity index (χ0) is 27.6. The van der Waals surface area contributed by atoms with Crippen molar-refractivity contribution in [3.63, 3.8) is 0 Å². The summed E-state index contributed by atoms with van der Waals surface area (Å²) in [6, 6.07) is -1.16. The lowest BCUT2D eigenvalue weighted by Crippen LogP contribution is -2.49. The van der Waals surface area contributed by atoms with Crippen molar-refractivity contribution >= 4 is 29.6 Å². The number of allylic oxidation sites excluding steroid dienone is 1. The summed E-state index contributed by atoms with van der Waals surface area (Å²) in [5.74, 6) is -3.02. The Kier molecular flexibility index (Phi) is 12.3. The standard InChI is InChI=1S/C26H42N4O6/c1-15(2)12-16(3)13-17(4)24-19(6)25(34)28-18(5)8-11-23(33)30(7)14-22(32)29-20(26(35)36-24)9-10-21(27)31/h8,11,15-17,19-20,24H,5,9-10,12-14H2,1-4,6-7H3,(H2,27,31)(H,28,34)(H,29,32)/b11-8-. The molecule has 0 bridgehead atoms. The summed E-state index contributed by atoms with van der Waals surface area (Å²) < 4.78 is 5.86. The minimum atomic E-state index is -1.16. The van der Waals surface area contributed by atoms with Gasteiger partial charge in [-0.2, -0.15) is 0 Å². The molecular formula is C26H42N4O6. The molecule has 0 radical (unpaired) electrons. The zero-order valence-corrected chi connectivity index (χ0v) is 22.3. The Labute approximate surface area is 214 Å². The monoisotopic (exact) mass is 506 g/mol. The van der Waals surface area contributed by atoms with Crippen LogP contribution in [0.25, 0.3) is 0 Å². The van der Waals surface area contributed by atoms with Crippen LogP contribution in [0.15, 0.2) is 24.4 Å². The molecule has 4 N–H and O–H groups in total. The Morgan fingerprint density at radius 2 is 1.81 bits per heavy atom. The van der Waals surface area contributed by atoms with Crippen LogP contribution in [0, 0.1) is 23.7 Å². The minimum Gasteiger partial charge on any atom is -0.460 e. The Hall–Kier alpha value is -3.17. The van der Waals surface area contributed by atoms with E-state index in [0.717, 1.165) is 11.3 Å². The van der Waals surface area contributed by atoms with Crippen LogP contribution in [0.1, 0.15) is 60.3 Å². The van der Waals surface area contributed by atoms with Crippen LogP contribution in [-0.4, -0.2) is 60.2 Å².